The van der Waals surface area contributed by atoms with Crippen LogP contribution in [0.3, 0.4) is 0 Å². The molecule has 0 aliphatic carbocycles. The van der Waals surface area contributed by atoms with E-state index in [0.29, 0.717) is 66.4 Å². The molecule has 0 saturated carbocycles. The molecule has 3 heterocycles. The Hall–Kier alpha value is -2.81. The number of hydrogen-bond acceptors (Lipinski definition) is 7. The number of nitrogens with zero attached hydrogens (tertiary/aromatic N) is 3. The van der Waals surface area contributed by atoms with Gasteiger partial charge in [-0.1, -0.05) is 11.2 Å². The number of carbonyl (C=O) groups is 1. The summed E-state index contributed by atoms with van der Waals surface area (Å²) in [6, 6.07) is 9.27. The summed E-state index contributed by atoms with van der Waals surface area (Å²) < 4.78 is 22.6. The molecule has 3 aromatic rings. The van der Waals surface area contributed by atoms with Gasteiger partial charge in [-0.3, -0.25) is 4.79 Å². The lowest BCUT2D eigenvalue weighted by atomic mass is 10.1. The van der Waals surface area contributed by atoms with E-state index in [2.05, 4.69) is 26.1 Å². The molecule has 1 atom stereocenters. The number of ether oxygens (including phenoxy) is 2. The van der Waals surface area contributed by atoms with Crippen LogP contribution in [0, 0.1) is 0 Å². The Morgan fingerprint density at radius 2 is 1.97 bits per heavy atom. The molecule has 9 heteroatoms. The van der Waals surface area contributed by atoms with Gasteiger partial charge in [-0.05, 0) is 59.6 Å². The Balaban J connectivity index is 1.45. The summed E-state index contributed by atoms with van der Waals surface area (Å²) in [5.74, 6) is 2.62. The average Bonchev–Trinajstić information content (AvgIpc) is 3.45. The largest absolute Gasteiger partial charge is 0.490 e. The van der Waals surface area contributed by atoms with Crippen LogP contribution in [0.15, 0.2) is 43.9 Å². The van der Waals surface area contributed by atoms with Crippen LogP contribution in [0.2, 0.25) is 0 Å². The molecule has 1 saturated heterocycles. The lowest BCUT2D eigenvalue weighted by Gasteiger charge is -2.18. The minimum atomic E-state index is -0.123. The van der Waals surface area contributed by atoms with Crippen molar-refractivity contribution in [3.8, 4) is 23.1 Å². The van der Waals surface area contributed by atoms with E-state index >= 15 is 0 Å². The van der Waals surface area contributed by atoms with Crippen LogP contribution in [0.4, 0.5) is 0 Å². The summed E-state index contributed by atoms with van der Waals surface area (Å²) >= 11 is 3.25. The number of rotatable bonds is 8. The standard InChI is InChI=1S/C21H22BrN3O5/c1-3-27-15-6-5-13(9-17(15)28-4-2)11-25-12-14(10-19(25)26)20-23-21(30-24-20)16-7-8-18(22)29-16/h5-9,14H,3-4,10-12H2,1-2H3. The maximum absolute atomic E-state index is 12.6. The van der Waals surface area contributed by atoms with Crippen LogP contribution >= 0.6 is 15.9 Å². The number of hydrogen-bond donors (Lipinski definition) is 0. The summed E-state index contributed by atoms with van der Waals surface area (Å²) in [4.78, 5) is 18.8. The van der Waals surface area contributed by atoms with Crippen molar-refractivity contribution in [3.63, 3.8) is 0 Å². The van der Waals surface area contributed by atoms with Crippen molar-refractivity contribution in [2.75, 3.05) is 19.8 Å². The van der Waals surface area contributed by atoms with Crippen molar-refractivity contribution >= 4 is 21.8 Å². The Kier molecular flexibility index (Phi) is 6.08. The second kappa shape index (κ2) is 8.91. The lowest BCUT2D eigenvalue weighted by Crippen LogP contribution is -2.24. The number of halogens is 1. The van der Waals surface area contributed by atoms with Gasteiger partial charge in [0.2, 0.25) is 5.91 Å². The maximum atomic E-state index is 12.6. The van der Waals surface area contributed by atoms with Crippen molar-refractivity contribution in [1.82, 2.24) is 15.0 Å². The summed E-state index contributed by atoms with van der Waals surface area (Å²) in [6.45, 7) is 5.97. The van der Waals surface area contributed by atoms with Crippen molar-refractivity contribution < 1.29 is 23.2 Å². The van der Waals surface area contributed by atoms with Gasteiger partial charge >= 0.3 is 0 Å². The highest BCUT2D eigenvalue weighted by molar-refractivity contribution is 9.10. The highest BCUT2D eigenvalue weighted by Gasteiger charge is 2.34. The van der Waals surface area contributed by atoms with Crippen LogP contribution < -0.4 is 9.47 Å². The topological polar surface area (TPSA) is 90.8 Å². The van der Waals surface area contributed by atoms with Gasteiger partial charge in [-0.25, -0.2) is 0 Å². The predicted molar refractivity (Wildman–Crippen MR) is 111 cm³/mol. The smallest absolute Gasteiger partial charge is 0.293 e. The molecule has 0 bridgehead atoms. The molecule has 0 spiro atoms. The number of carbonyl (C=O) groups excluding carboxylic acids is 1. The molecule has 8 nitrogen and oxygen atoms in total. The first-order valence-electron chi connectivity index (χ1n) is 9.83. The summed E-state index contributed by atoms with van der Waals surface area (Å²) in [5.41, 5.74) is 0.977. The summed E-state index contributed by atoms with van der Waals surface area (Å²) in [5, 5.41) is 4.05. The van der Waals surface area contributed by atoms with Crippen LogP contribution in [-0.2, 0) is 11.3 Å². The molecule has 1 aliphatic heterocycles. The Morgan fingerprint density at radius 3 is 2.70 bits per heavy atom. The number of amides is 1. The minimum Gasteiger partial charge on any atom is -0.490 e. The Labute approximate surface area is 182 Å². The van der Waals surface area contributed by atoms with E-state index in [9.17, 15) is 4.79 Å². The SMILES string of the molecule is CCOc1ccc(CN2CC(c3noc(-c4ccc(Br)o4)n3)CC2=O)cc1OCC. The van der Waals surface area contributed by atoms with E-state index in [1.54, 1.807) is 17.0 Å². The van der Waals surface area contributed by atoms with Crippen LogP contribution in [-0.4, -0.2) is 40.7 Å². The molecule has 158 valence electrons. The average molecular weight is 476 g/mol. The van der Waals surface area contributed by atoms with Crippen molar-refractivity contribution in [2.24, 2.45) is 0 Å². The fourth-order valence-electron chi connectivity index (χ4n) is 3.44. The van der Waals surface area contributed by atoms with Gasteiger partial charge < -0.3 is 23.3 Å². The third-order valence-electron chi connectivity index (χ3n) is 4.79. The fraction of sp³-hybridized carbons (Fsp3) is 0.381. The molecule has 1 unspecified atom stereocenters. The van der Waals surface area contributed by atoms with E-state index in [1.807, 2.05) is 32.0 Å². The third kappa shape index (κ3) is 4.35. The van der Waals surface area contributed by atoms with E-state index in [0.717, 1.165) is 5.56 Å². The first-order chi connectivity index (χ1) is 14.6. The first-order valence-corrected chi connectivity index (χ1v) is 10.6. The Bertz CT molecular complexity index is 1030. The van der Waals surface area contributed by atoms with E-state index < -0.39 is 0 Å². The van der Waals surface area contributed by atoms with Gasteiger partial charge in [0, 0.05) is 25.4 Å². The van der Waals surface area contributed by atoms with Gasteiger partial charge in [0.25, 0.3) is 5.89 Å². The van der Waals surface area contributed by atoms with Crippen LogP contribution in [0.1, 0.15) is 37.6 Å². The maximum Gasteiger partial charge on any atom is 0.293 e. The first kappa shape index (κ1) is 20.5. The summed E-state index contributed by atoms with van der Waals surface area (Å²) in [7, 11) is 0. The monoisotopic (exact) mass is 475 g/mol. The molecular formula is C21H22BrN3O5. The van der Waals surface area contributed by atoms with Gasteiger partial charge in [-0.2, -0.15) is 4.98 Å². The molecule has 1 fully saturated rings. The van der Waals surface area contributed by atoms with Crippen molar-refractivity contribution in [3.05, 3.63) is 46.4 Å². The zero-order valence-electron chi connectivity index (χ0n) is 16.8. The Morgan fingerprint density at radius 1 is 1.17 bits per heavy atom. The second-order valence-corrected chi connectivity index (χ2v) is 7.67. The molecule has 0 N–H and O–H groups in total. The quantitative estimate of drug-likeness (QED) is 0.476. The zero-order chi connectivity index (χ0) is 21.1. The van der Waals surface area contributed by atoms with Gasteiger partial charge in [-0.15, -0.1) is 0 Å². The molecule has 2 aromatic heterocycles. The fourth-order valence-corrected chi connectivity index (χ4v) is 3.75. The highest BCUT2D eigenvalue weighted by Crippen LogP contribution is 2.32. The lowest BCUT2D eigenvalue weighted by molar-refractivity contribution is -0.128. The number of likely N-dealkylation sites (tertiary alicyclic amines) is 1. The molecule has 0 radical (unpaired) electrons. The van der Waals surface area contributed by atoms with E-state index in [1.165, 1.54) is 0 Å². The van der Waals surface area contributed by atoms with Crippen LogP contribution in [0.5, 0.6) is 11.5 Å². The predicted octanol–water partition coefficient (Wildman–Crippen LogP) is 4.41. The minimum absolute atomic E-state index is 0.0546. The molecule has 1 amide bonds. The normalized spacial score (nSPS) is 16.3. The van der Waals surface area contributed by atoms with Gasteiger partial charge in [0.1, 0.15) is 0 Å². The van der Waals surface area contributed by atoms with Crippen molar-refractivity contribution in [1.29, 1.82) is 0 Å². The second-order valence-electron chi connectivity index (χ2n) is 6.88. The van der Waals surface area contributed by atoms with Gasteiger partial charge in [0.05, 0.1) is 13.2 Å². The molecule has 4 rings (SSSR count). The third-order valence-corrected chi connectivity index (χ3v) is 5.21. The van der Waals surface area contributed by atoms with E-state index in [4.69, 9.17) is 18.4 Å². The van der Waals surface area contributed by atoms with Gasteiger partial charge in [0.15, 0.2) is 27.8 Å². The summed E-state index contributed by atoms with van der Waals surface area (Å²) in [6.07, 6.45) is 0.343. The zero-order valence-corrected chi connectivity index (χ0v) is 18.3. The number of benzene rings is 1. The van der Waals surface area contributed by atoms with Crippen molar-refractivity contribution in [2.45, 2.75) is 32.7 Å². The number of furan rings is 1. The number of aromatic nitrogens is 2. The highest BCUT2D eigenvalue weighted by atomic mass is 79.9. The molecule has 1 aliphatic rings. The van der Waals surface area contributed by atoms with Crippen LogP contribution in [0.25, 0.3) is 11.7 Å². The molecule has 30 heavy (non-hydrogen) atoms. The molecular weight excluding hydrogens is 454 g/mol. The van der Waals surface area contributed by atoms with E-state index in [-0.39, 0.29) is 11.8 Å². The molecule has 1 aromatic carbocycles.